The van der Waals surface area contributed by atoms with Gasteiger partial charge in [0.05, 0.1) is 13.2 Å². The van der Waals surface area contributed by atoms with Crippen LogP contribution < -0.4 is 27.1 Å². The van der Waals surface area contributed by atoms with Gasteiger partial charge >= 0.3 is 12.1 Å². The number of primary amides is 1. The number of hydrazine groups is 1. The minimum absolute atomic E-state index is 0.0936. The third-order valence-electron chi connectivity index (χ3n) is 1.65. The van der Waals surface area contributed by atoms with Crippen molar-refractivity contribution in [1.82, 2.24) is 15.0 Å². The predicted molar refractivity (Wildman–Crippen MR) is 62.8 cm³/mol. The van der Waals surface area contributed by atoms with E-state index in [1.165, 1.54) is 0 Å². The Morgan fingerprint density at radius 1 is 1.33 bits per heavy atom. The van der Waals surface area contributed by atoms with Crippen LogP contribution in [0.15, 0.2) is 0 Å². The fraction of sp³-hybridized carbons (Fsp3) is 0.500. The molecule has 6 N–H and O–H groups in total. The van der Waals surface area contributed by atoms with E-state index in [-0.39, 0.29) is 24.5 Å². The van der Waals surface area contributed by atoms with E-state index in [4.69, 9.17) is 16.3 Å². The first kappa shape index (κ1) is 13.7. The van der Waals surface area contributed by atoms with Gasteiger partial charge in [0.1, 0.15) is 6.61 Å². The number of hydrogen-bond acceptors (Lipinski definition) is 9. The van der Waals surface area contributed by atoms with Crippen LogP contribution in [0, 0.1) is 0 Å². The lowest BCUT2D eigenvalue weighted by atomic mass is 10.7. The number of carbonyl (C=O) groups is 1. The average Bonchev–Trinajstić information content (AvgIpc) is 2.34. The van der Waals surface area contributed by atoms with Crippen LogP contribution in [-0.4, -0.2) is 40.8 Å². The summed E-state index contributed by atoms with van der Waals surface area (Å²) in [6, 6.07) is 0.138. The molecule has 0 saturated carbocycles. The fourth-order valence-electron chi connectivity index (χ4n) is 1.01. The largest absolute Gasteiger partial charge is 0.464 e. The van der Waals surface area contributed by atoms with E-state index in [0.717, 1.165) is 0 Å². The molecule has 0 fully saturated rings. The summed E-state index contributed by atoms with van der Waals surface area (Å²) in [7, 11) is 0. The number of amides is 1. The average molecular weight is 257 g/mol. The molecular formula is C8H15N7O3. The van der Waals surface area contributed by atoms with Crippen LogP contribution in [0.4, 0.5) is 16.7 Å². The SMILES string of the molecule is CCOc1nc(NN)nc(NCCOC(N)=O)n1. The molecule has 0 aliphatic heterocycles. The van der Waals surface area contributed by atoms with Crippen LogP contribution in [0.2, 0.25) is 0 Å². The standard InChI is InChI=1S/C8H15N7O3/c1-2-17-8-13-6(12-7(14-8)15-10)11-3-4-18-5(9)16/h2-4,10H2,1H3,(H2,9,16)(H2,11,12,13,14,15). The molecule has 1 aromatic heterocycles. The molecular weight excluding hydrogens is 242 g/mol. The normalized spacial score (nSPS) is 9.67. The maximum atomic E-state index is 10.3. The summed E-state index contributed by atoms with van der Waals surface area (Å²) in [6.45, 7) is 2.60. The van der Waals surface area contributed by atoms with Crippen molar-refractivity contribution in [3.05, 3.63) is 0 Å². The van der Waals surface area contributed by atoms with Gasteiger partial charge in [0.2, 0.25) is 11.9 Å². The van der Waals surface area contributed by atoms with Gasteiger partial charge < -0.3 is 20.5 Å². The van der Waals surface area contributed by atoms with Crippen LogP contribution >= 0.6 is 0 Å². The number of carbonyl (C=O) groups excluding carboxylic acids is 1. The summed E-state index contributed by atoms with van der Waals surface area (Å²) in [6.07, 6.45) is -0.841. The molecule has 0 spiro atoms. The Labute approximate surface area is 103 Å². The van der Waals surface area contributed by atoms with E-state index in [9.17, 15) is 4.79 Å². The van der Waals surface area contributed by atoms with Gasteiger partial charge in [-0.05, 0) is 6.92 Å². The molecule has 0 aliphatic carbocycles. The molecule has 0 aliphatic rings. The summed E-state index contributed by atoms with van der Waals surface area (Å²) < 4.78 is 9.66. The lowest BCUT2D eigenvalue weighted by Crippen LogP contribution is -2.20. The Morgan fingerprint density at radius 2 is 2.06 bits per heavy atom. The second-order valence-corrected chi connectivity index (χ2v) is 2.94. The number of aromatic nitrogens is 3. The lowest BCUT2D eigenvalue weighted by Gasteiger charge is -2.08. The van der Waals surface area contributed by atoms with E-state index in [1.807, 2.05) is 0 Å². The van der Waals surface area contributed by atoms with Crippen molar-refractivity contribution in [3.63, 3.8) is 0 Å². The van der Waals surface area contributed by atoms with Gasteiger partial charge in [0, 0.05) is 0 Å². The third kappa shape index (κ3) is 4.65. The first-order chi connectivity index (χ1) is 8.65. The molecule has 100 valence electrons. The molecule has 1 aromatic rings. The molecule has 0 bridgehead atoms. The summed E-state index contributed by atoms with van der Waals surface area (Å²) in [5, 5.41) is 2.80. The number of nitrogen functional groups attached to an aromatic ring is 1. The number of rotatable bonds is 7. The second-order valence-electron chi connectivity index (χ2n) is 2.94. The van der Waals surface area contributed by atoms with E-state index in [2.05, 4.69) is 30.4 Å². The first-order valence-electron chi connectivity index (χ1n) is 5.17. The zero-order chi connectivity index (χ0) is 13.4. The first-order valence-corrected chi connectivity index (χ1v) is 5.17. The van der Waals surface area contributed by atoms with E-state index in [0.29, 0.717) is 13.2 Å². The Balaban J connectivity index is 2.57. The van der Waals surface area contributed by atoms with Crippen LogP contribution in [0.3, 0.4) is 0 Å². The number of nitrogens with zero attached hydrogens (tertiary/aromatic N) is 3. The predicted octanol–water partition coefficient (Wildman–Crippen LogP) is -0.937. The highest BCUT2D eigenvalue weighted by Crippen LogP contribution is 2.09. The summed E-state index contributed by atoms with van der Waals surface area (Å²) in [5.74, 6) is 5.61. The minimum atomic E-state index is -0.841. The van der Waals surface area contributed by atoms with Crippen molar-refractivity contribution in [2.45, 2.75) is 6.92 Å². The van der Waals surface area contributed by atoms with Crippen molar-refractivity contribution >= 4 is 18.0 Å². The topological polar surface area (TPSA) is 150 Å². The summed E-state index contributed by atoms with van der Waals surface area (Å²) in [4.78, 5) is 22.1. The van der Waals surface area contributed by atoms with Gasteiger partial charge in [-0.1, -0.05) is 0 Å². The molecule has 0 unspecified atom stereocenters. The van der Waals surface area contributed by atoms with Crippen LogP contribution in [0.25, 0.3) is 0 Å². The highest BCUT2D eigenvalue weighted by molar-refractivity contribution is 5.64. The number of ether oxygens (including phenoxy) is 2. The van der Waals surface area contributed by atoms with Crippen molar-refractivity contribution in [2.24, 2.45) is 11.6 Å². The maximum absolute atomic E-state index is 10.3. The molecule has 1 amide bonds. The van der Waals surface area contributed by atoms with Crippen molar-refractivity contribution in [3.8, 4) is 6.01 Å². The Bertz CT molecular complexity index is 400. The molecule has 10 heteroatoms. The second kappa shape index (κ2) is 7.06. The zero-order valence-electron chi connectivity index (χ0n) is 9.84. The molecule has 10 nitrogen and oxygen atoms in total. The smallest absolute Gasteiger partial charge is 0.404 e. The van der Waals surface area contributed by atoms with Crippen molar-refractivity contribution in [2.75, 3.05) is 30.5 Å². The van der Waals surface area contributed by atoms with Gasteiger partial charge in [0.15, 0.2) is 0 Å². The molecule has 1 heterocycles. The maximum Gasteiger partial charge on any atom is 0.404 e. The van der Waals surface area contributed by atoms with E-state index < -0.39 is 6.09 Å². The van der Waals surface area contributed by atoms with Crippen LogP contribution in [-0.2, 0) is 4.74 Å². The monoisotopic (exact) mass is 257 g/mol. The highest BCUT2D eigenvalue weighted by Gasteiger charge is 2.06. The van der Waals surface area contributed by atoms with E-state index >= 15 is 0 Å². The third-order valence-corrected chi connectivity index (χ3v) is 1.65. The lowest BCUT2D eigenvalue weighted by molar-refractivity contribution is 0.161. The van der Waals surface area contributed by atoms with Gasteiger partial charge in [-0.15, -0.1) is 0 Å². The van der Waals surface area contributed by atoms with Gasteiger partial charge in [0.25, 0.3) is 0 Å². The summed E-state index contributed by atoms with van der Waals surface area (Å²) >= 11 is 0. The molecule has 0 radical (unpaired) electrons. The number of nitrogens with two attached hydrogens (primary N) is 2. The van der Waals surface area contributed by atoms with E-state index in [1.54, 1.807) is 6.92 Å². The molecule has 0 saturated heterocycles. The fourth-order valence-corrected chi connectivity index (χ4v) is 1.01. The van der Waals surface area contributed by atoms with Gasteiger partial charge in [-0.2, -0.15) is 15.0 Å². The quantitative estimate of drug-likeness (QED) is 0.275. The minimum Gasteiger partial charge on any atom is -0.464 e. The molecule has 0 aromatic carbocycles. The number of hydrogen-bond donors (Lipinski definition) is 4. The Hall–Kier alpha value is -2.36. The zero-order valence-corrected chi connectivity index (χ0v) is 9.84. The Kier molecular flexibility index (Phi) is 5.38. The van der Waals surface area contributed by atoms with Crippen LogP contribution in [0.5, 0.6) is 6.01 Å². The summed E-state index contributed by atoms with van der Waals surface area (Å²) in [5.41, 5.74) is 7.09. The number of nitrogens with one attached hydrogen (secondary N) is 2. The molecule has 0 atom stereocenters. The van der Waals surface area contributed by atoms with Crippen LogP contribution in [0.1, 0.15) is 6.92 Å². The van der Waals surface area contributed by atoms with Crippen molar-refractivity contribution in [1.29, 1.82) is 0 Å². The van der Waals surface area contributed by atoms with Crippen molar-refractivity contribution < 1.29 is 14.3 Å². The molecule has 18 heavy (non-hydrogen) atoms. The number of anilines is 2. The Morgan fingerprint density at radius 3 is 2.67 bits per heavy atom. The highest BCUT2D eigenvalue weighted by atomic mass is 16.5. The molecule has 1 rings (SSSR count). The van der Waals surface area contributed by atoms with Gasteiger partial charge in [-0.3, -0.25) is 5.43 Å². The van der Waals surface area contributed by atoms with Gasteiger partial charge in [-0.25, -0.2) is 10.6 Å².